The molecule has 0 aliphatic heterocycles. The molecule has 1 amide bonds. The molecule has 0 saturated carbocycles. The van der Waals surface area contributed by atoms with Crippen LogP contribution in [0.2, 0.25) is 5.02 Å². The molecule has 0 unspecified atom stereocenters. The van der Waals surface area contributed by atoms with Gasteiger partial charge in [0.1, 0.15) is 17.0 Å². The molecular formula is C18H13ClN6OS. The Balaban J connectivity index is 1.56. The first-order chi connectivity index (χ1) is 13.1. The van der Waals surface area contributed by atoms with Crippen molar-refractivity contribution in [3.8, 4) is 16.3 Å². The SMILES string of the molecule is Cc1ccc(NC(=O)c2csc(-c3cccc(Cl)c3)n2)cc1-n1cnnn1. The minimum absolute atomic E-state index is 0.286. The summed E-state index contributed by atoms with van der Waals surface area (Å²) in [4.78, 5) is 17.0. The predicted molar refractivity (Wildman–Crippen MR) is 104 cm³/mol. The lowest BCUT2D eigenvalue weighted by atomic mass is 10.2. The second-order valence-corrected chi connectivity index (χ2v) is 7.05. The molecule has 0 aliphatic rings. The first kappa shape index (κ1) is 17.3. The Morgan fingerprint density at radius 1 is 1.22 bits per heavy atom. The molecule has 27 heavy (non-hydrogen) atoms. The van der Waals surface area contributed by atoms with Crippen LogP contribution in [0, 0.1) is 6.92 Å². The number of amides is 1. The first-order valence-corrected chi connectivity index (χ1v) is 9.23. The summed E-state index contributed by atoms with van der Waals surface area (Å²) in [5, 5.41) is 17.1. The highest BCUT2D eigenvalue weighted by molar-refractivity contribution is 7.13. The summed E-state index contributed by atoms with van der Waals surface area (Å²) in [7, 11) is 0. The maximum absolute atomic E-state index is 12.6. The summed E-state index contributed by atoms with van der Waals surface area (Å²) in [6.45, 7) is 1.94. The molecule has 0 atom stereocenters. The van der Waals surface area contributed by atoms with Gasteiger partial charge in [-0.1, -0.05) is 29.8 Å². The van der Waals surface area contributed by atoms with Crippen LogP contribution in [0.25, 0.3) is 16.3 Å². The van der Waals surface area contributed by atoms with Crippen LogP contribution in [-0.4, -0.2) is 31.1 Å². The average molecular weight is 397 g/mol. The number of tetrazole rings is 1. The third-order valence-corrected chi connectivity index (χ3v) is 5.00. The molecule has 7 nitrogen and oxygen atoms in total. The number of anilines is 1. The van der Waals surface area contributed by atoms with Crippen molar-refractivity contribution in [2.45, 2.75) is 6.92 Å². The Bertz CT molecular complexity index is 1110. The molecule has 2 aromatic heterocycles. The van der Waals surface area contributed by atoms with E-state index in [4.69, 9.17) is 11.6 Å². The normalized spacial score (nSPS) is 10.7. The van der Waals surface area contributed by atoms with E-state index in [0.717, 1.165) is 21.8 Å². The molecule has 2 aromatic carbocycles. The summed E-state index contributed by atoms with van der Waals surface area (Å²) in [5.41, 5.74) is 3.63. The van der Waals surface area contributed by atoms with E-state index in [2.05, 4.69) is 25.8 Å². The maximum Gasteiger partial charge on any atom is 0.275 e. The zero-order valence-corrected chi connectivity index (χ0v) is 15.7. The fourth-order valence-corrected chi connectivity index (χ4v) is 3.52. The van der Waals surface area contributed by atoms with E-state index in [1.165, 1.54) is 17.7 Å². The van der Waals surface area contributed by atoms with Gasteiger partial charge in [0.25, 0.3) is 5.91 Å². The van der Waals surface area contributed by atoms with Gasteiger partial charge >= 0.3 is 0 Å². The zero-order valence-electron chi connectivity index (χ0n) is 14.1. The van der Waals surface area contributed by atoms with Gasteiger partial charge in [-0.2, -0.15) is 0 Å². The Morgan fingerprint density at radius 2 is 2.11 bits per heavy atom. The number of aryl methyl sites for hydroxylation is 1. The van der Waals surface area contributed by atoms with Gasteiger partial charge in [-0.3, -0.25) is 4.79 Å². The molecule has 0 aliphatic carbocycles. The molecule has 4 aromatic rings. The molecule has 9 heteroatoms. The summed E-state index contributed by atoms with van der Waals surface area (Å²) in [5.74, 6) is -0.286. The van der Waals surface area contributed by atoms with Crippen molar-refractivity contribution in [2.24, 2.45) is 0 Å². The van der Waals surface area contributed by atoms with Crippen LogP contribution in [-0.2, 0) is 0 Å². The van der Waals surface area contributed by atoms with Gasteiger partial charge < -0.3 is 5.32 Å². The number of carbonyl (C=O) groups excluding carboxylic acids is 1. The molecule has 1 N–H and O–H groups in total. The van der Waals surface area contributed by atoms with E-state index in [1.807, 2.05) is 43.3 Å². The van der Waals surface area contributed by atoms with Gasteiger partial charge in [0.2, 0.25) is 0 Å². The van der Waals surface area contributed by atoms with Crippen LogP contribution in [0.15, 0.2) is 54.2 Å². The van der Waals surface area contributed by atoms with Gasteiger partial charge in [0.15, 0.2) is 0 Å². The largest absolute Gasteiger partial charge is 0.321 e. The van der Waals surface area contributed by atoms with Crippen molar-refractivity contribution in [3.05, 3.63) is 70.5 Å². The summed E-state index contributed by atoms with van der Waals surface area (Å²) >= 11 is 7.42. The second-order valence-electron chi connectivity index (χ2n) is 5.76. The van der Waals surface area contributed by atoms with E-state index in [-0.39, 0.29) is 5.91 Å². The number of nitrogens with zero attached hydrogens (tertiary/aromatic N) is 5. The number of carbonyl (C=O) groups is 1. The van der Waals surface area contributed by atoms with Gasteiger partial charge in [-0.25, -0.2) is 9.67 Å². The predicted octanol–water partition coefficient (Wildman–Crippen LogP) is 4.00. The monoisotopic (exact) mass is 396 g/mol. The molecule has 2 heterocycles. The second kappa shape index (κ2) is 7.26. The van der Waals surface area contributed by atoms with Crippen LogP contribution < -0.4 is 5.32 Å². The average Bonchev–Trinajstić information content (AvgIpc) is 3.35. The fourth-order valence-electron chi connectivity index (χ4n) is 2.53. The number of hydrogen-bond donors (Lipinski definition) is 1. The van der Waals surface area contributed by atoms with E-state index in [9.17, 15) is 4.79 Å². The number of thiazole rings is 1. The lowest BCUT2D eigenvalue weighted by Crippen LogP contribution is -2.13. The minimum Gasteiger partial charge on any atom is -0.321 e. The number of aromatic nitrogens is 5. The van der Waals surface area contributed by atoms with Crippen molar-refractivity contribution in [1.82, 2.24) is 25.2 Å². The van der Waals surface area contributed by atoms with Crippen molar-refractivity contribution in [1.29, 1.82) is 0 Å². The zero-order chi connectivity index (χ0) is 18.8. The van der Waals surface area contributed by atoms with Gasteiger partial charge in [-0.05, 0) is 47.2 Å². The van der Waals surface area contributed by atoms with Crippen molar-refractivity contribution in [3.63, 3.8) is 0 Å². The number of rotatable bonds is 4. The van der Waals surface area contributed by atoms with E-state index in [1.54, 1.807) is 16.1 Å². The number of benzene rings is 2. The van der Waals surface area contributed by atoms with Crippen LogP contribution in [0.5, 0.6) is 0 Å². The highest BCUT2D eigenvalue weighted by Crippen LogP contribution is 2.26. The van der Waals surface area contributed by atoms with Crippen molar-refractivity contribution in [2.75, 3.05) is 5.32 Å². The summed E-state index contributed by atoms with van der Waals surface area (Å²) in [6, 6.07) is 12.9. The Hall–Kier alpha value is -3.10. The van der Waals surface area contributed by atoms with Crippen molar-refractivity contribution >= 4 is 34.5 Å². The van der Waals surface area contributed by atoms with Crippen LogP contribution in [0.4, 0.5) is 5.69 Å². The molecular weight excluding hydrogens is 384 g/mol. The maximum atomic E-state index is 12.6. The quantitative estimate of drug-likeness (QED) is 0.563. The van der Waals surface area contributed by atoms with Gasteiger partial charge in [0, 0.05) is 21.7 Å². The summed E-state index contributed by atoms with van der Waals surface area (Å²) in [6.07, 6.45) is 1.51. The third-order valence-electron chi connectivity index (χ3n) is 3.87. The highest BCUT2D eigenvalue weighted by Gasteiger charge is 2.13. The molecule has 0 saturated heterocycles. The van der Waals surface area contributed by atoms with Crippen LogP contribution >= 0.6 is 22.9 Å². The van der Waals surface area contributed by atoms with Crippen molar-refractivity contribution < 1.29 is 4.79 Å². The van der Waals surface area contributed by atoms with E-state index >= 15 is 0 Å². The molecule has 134 valence electrons. The molecule has 0 spiro atoms. The Kier molecular flexibility index (Phi) is 4.66. The third kappa shape index (κ3) is 3.71. The van der Waals surface area contributed by atoms with E-state index in [0.29, 0.717) is 16.4 Å². The smallest absolute Gasteiger partial charge is 0.275 e. The molecule has 4 rings (SSSR count). The summed E-state index contributed by atoms with van der Waals surface area (Å²) < 4.78 is 1.55. The lowest BCUT2D eigenvalue weighted by molar-refractivity contribution is 0.102. The van der Waals surface area contributed by atoms with Gasteiger partial charge in [0.05, 0.1) is 5.69 Å². The highest BCUT2D eigenvalue weighted by atomic mass is 35.5. The van der Waals surface area contributed by atoms with E-state index < -0.39 is 0 Å². The molecule has 0 radical (unpaired) electrons. The van der Waals surface area contributed by atoms with Crippen LogP contribution in [0.3, 0.4) is 0 Å². The standard InChI is InChI=1S/C18H13ClN6OS/c1-11-5-6-14(8-16(11)25-10-20-23-24-25)21-17(26)15-9-27-18(22-15)12-3-2-4-13(19)7-12/h2-10H,1H3,(H,21,26). The molecule has 0 fully saturated rings. The Labute approximate surface area is 163 Å². The topological polar surface area (TPSA) is 85.6 Å². The van der Waals surface area contributed by atoms with Gasteiger partial charge in [-0.15, -0.1) is 16.4 Å². The first-order valence-electron chi connectivity index (χ1n) is 7.97. The molecule has 0 bridgehead atoms. The lowest BCUT2D eigenvalue weighted by Gasteiger charge is -2.08. The van der Waals surface area contributed by atoms with Crippen LogP contribution in [0.1, 0.15) is 16.1 Å². The minimum atomic E-state index is -0.286. The number of hydrogen-bond acceptors (Lipinski definition) is 6. The number of halogens is 1. The number of nitrogens with one attached hydrogen (secondary N) is 1. The fraction of sp³-hybridized carbons (Fsp3) is 0.0556. The Morgan fingerprint density at radius 3 is 2.89 bits per heavy atom.